The number of hydrogen-bond acceptors (Lipinski definition) is 6. The van der Waals surface area contributed by atoms with Gasteiger partial charge in [-0.2, -0.15) is 5.10 Å². The van der Waals surface area contributed by atoms with E-state index in [1.807, 2.05) is 0 Å². The van der Waals surface area contributed by atoms with Gasteiger partial charge in [-0.3, -0.25) is 0 Å². The van der Waals surface area contributed by atoms with Gasteiger partial charge in [0.1, 0.15) is 29.9 Å². The summed E-state index contributed by atoms with van der Waals surface area (Å²) in [5, 5.41) is 15.3. The number of hydrogen-bond donors (Lipinski definition) is 1. The summed E-state index contributed by atoms with van der Waals surface area (Å²) in [4.78, 5) is 7.74. The van der Waals surface area contributed by atoms with Gasteiger partial charge in [0.05, 0.1) is 6.54 Å². The summed E-state index contributed by atoms with van der Waals surface area (Å²) < 4.78 is 52.4. The largest absolute Gasteiger partial charge is 0.382 e. The first-order chi connectivity index (χ1) is 13.1. The molecular weight excluding hydrogens is 390 g/mol. The average molecular weight is 408 g/mol. The molecule has 2 aromatic heterocycles. The Balaban J connectivity index is 2.07. The summed E-state index contributed by atoms with van der Waals surface area (Å²) in [5.41, 5.74) is -1.48. The predicted octanol–water partition coefficient (Wildman–Crippen LogP) is 2.05. The first kappa shape index (κ1) is 20.0. The Morgan fingerprint density at radius 1 is 1.25 bits per heavy atom. The maximum atomic E-state index is 14.5. The minimum Gasteiger partial charge on any atom is -0.382 e. The van der Waals surface area contributed by atoms with Crippen molar-refractivity contribution in [1.29, 1.82) is 0 Å². The summed E-state index contributed by atoms with van der Waals surface area (Å²) in [5.74, 6) is -2.41. The highest BCUT2D eigenvalue weighted by atomic mass is 32.2. The second-order valence-electron chi connectivity index (χ2n) is 6.57. The fourth-order valence-electron chi connectivity index (χ4n) is 3.00. The van der Waals surface area contributed by atoms with Gasteiger partial charge in [-0.05, 0) is 17.7 Å². The van der Waals surface area contributed by atoms with E-state index in [-0.39, 0.29) is 17.1 Å². The molecule has 1 N–H and O–H groups in total. The van der Waals surface area contributed by atoms with Crippen LogP contribution in [0, 0.1) is 11.6 Å². The molecule has 0 aliphatic heterocycles. The van der Waals surface area contributed by atoms with Gasteiger partial charge < -0.3 is 5.11 Å². The topological polar surface area (TPSA) is 98.0 Å². The van der Waals surface area contributed by atoms with E-state index < -0.39 is 33.0 Å². The zero-order valence-corrected chi connectivity index (χ0v) is 15.9. The van der Waals surface area contributed by atoms with E-state index in [0.717, 1.165) is 12.3 Å². The second kappa shape index (κ2) is 7.36. The van der Waals surface area contributed by atoms with Gasteiger partial charge in [0, 0.05) is 30.0 Å². The van der Waals surface area contributed by atoms with Crippen molar-refractivity contribution in [2.24, 2.45) is 0 Å². The molecule has 0 bridgehead atoms. The minimum absolute atomic E-state index is 0.115. The van der Waals surface area contributed by atoms with Crippen molar-refractivity contribution in [1.82, 2.24) is 19.7 Å². The van der Waals surface area contributed by atoms with Crippen LogP contribution in [0.3, 0.4) is 0 Å². The maximum Gasteiger partial charge on any atom is 0.192 e. The lowest BCUT2D eigenvalue weighted by molar-refractivity contribution is -0.0113. The van der Waals surface area contributed by atoms with Crippen LogP contribution in [0.4, 0.5) is 8.78 Å². The molecule has 2 atom stereocenters. The third-order valence-corrected chi connectivity index (χ3v) is 5.62. The van der Waals surface area contributed by atoms with E-state index in [1.54, 1.807) is 6.92 Å². The molecule has 2 heterocycles. The van der Waals surface area contributed by atoms with Crippen LogP contribution in [-0.4, -0.2) is 39.5 Å². The molecule has 1 aromatic carbocycles. The first-order valence-corrected chi connectivity index (χ1v) is 10.2. The highest BCUT2D eigenvalue weighted by Gasteiger charge is 2.40. The third-order valence-electron chi connectivity index (χ3n) is 4.62. The van der Waals surface area contributed by atoms with Gasteiger partial charge in [-0.1, -0.05) is 19.1 Å². The third kappa shape index (κ3) is 3.92. The predicted molar refractivity (Wildman–Crippen MR) is 96.0 cm³/mol. The smallest absolute Gasteiger partial charge is 0.192 e. The summed E-state index contributed by atoms with van der Waals surface area (Å²) in [6.45, 7) is 1.47. The van der Waals surface area contributed by atoms with Crippen LogP contribution in [0.1, 0.15) is 24.0 Å². The van der Waals surface area contributed by atoms with Gasteiger partial charge in [-0.25, -0.2) is 31.8 Å². The lowest BCUT2D eigenvalue weighted by atomic mass is 9.78. The zero-order chi connectivity index (χ0) is 20.5. The van der Waals surface area contributed by atoms with Gasteiger partial charge >= 0.3 is 0 Å². The van der Waals surface area contributed by atoms with Gasteiger partial charge in [0.25, 0.3) is 0 Å². The van der Waals surface area contributed by atoms with Crippen molar-refractivity contribution < 1.29 is 22.3 Å². The Morgan fingerprint density at radius 2 is 2.00 bits per heavy atom. The fraction of sp³-hybridized carbons (Fsp3) is 0.278. The Kier molecular flexibility index (Phi) is 5.26. The average Bonchev–Trinajstić information content (AvgIpc) is 3.13. The number of pyridine rings is 1. The number of sulfone groups is 1. The normalized spacial score (nSPS) is 15.2. The van der Waals surface area contributed by atoms with Crippen LogP contribution in [0.5, 0.6) is 0 Å². The van der Waals surface area contributed by atoms with Crippen LogP contribution in [-0.2, 0) is 22.0 Å². The molecule has 0 saturated heterocycles. The van der Waals surface area contributed by atoms with Crippen LogP contribution in [0.25, 0.3) is 0 Å². The molecule has 10 heteroatoms. The number of rotatable bonds is 6. The van der Waals surface area contributed by atoms with Crippen molar-refractivity contribution in [3.63, 3.8) is 0 Å². The summed E-state index contributed by atoms with van der Waals surface area (Å²) >= 11 is 0. The quantitative estimate of drug-likeness (QED) is 0.670. The SMILES string of the molecule is C[C@@H](c1ccc(S(C)(=O)=O)nc1)[C@](O)(Cn1cncn1)c1ccc(F)cc1F. The van der Waals surface area contributed by atoms with Crippen LogP contribution >= 0.6 is 0 Å². The van der Waals surface area contributed by atoms with E-state index in [1.165, 1.54) is 41.7 Å². The Bertz CT molecular complexity index is 1070. The monoisotopic (exact) mass is 408 g/mol. The number of nitrogens with zero attached hydrogens (tertiary/aromatic N) is 4. The summed E-state index contributed by atoms with van der Waals surface area (Å²) in [7, 11) is -3.48. The molecule has 0 radical (unpaired) electrons. The van der Waals surface area contributed by atoms with Crippen molar-refractivity contribution in [3.05, 3.63) is 71.9 Å². The van der Waals surface area contributed by atoms with Gasteiger partial charge in [0.2, 0.25) is 0 Å². The second-order valence-corrected chi connectivity index (χ2v) is 8.53. The first-order valence-electron chi connectivity index (χ1n) is 8.27. The van der Waals surface area contributed by atoms with Crippen molar-refractivity contribution >= 4 is 9.84 Å². The number of halogens is 2. The Labute approximate surface area is 160 Å². The van der Waals surface area contributed by atoms with E-state index in [9.17, 15) is 22.3 Å². The van der Waals surface area contributed by atoms with Gasteiger partial charge in [0.15, 0.2) is 14.9 Å². The molecule has 0 unspecified atom stereocenters. The van der Waals surface area contributed by atoms with Crippen LogP contribution in [0.2, 0.25) is 0 Å². The van der Waals surface area contributed by atoms with E-state index in [2.05, 4.69) is 15.1 Å². The molecule has 28 heavy (non-hydrogen) atoms. The molecule has 0 spiro atoms. The lowest BCUT2D eigenvalue weighted by Gasteiger charge is -2.35. The fourth-order valence-corrected chi connectivity index (χ4v) is 3.56. The molecule has 3 aromatic rings. The standard InChI is InChI=1S/C18H18F2N4O3S/c1-12(13-3-6-17(22-8-13)28(2,26)27)18(25,9-24-11-21-10-23-24)15-5-4-14(19)7-16(15)20/h3-8,10-12,25H,9H2,1-2H3/t12-,18+/m0/s1. The Hall–Kier alpha value is -2.72. The maximum absolute atomic E-state index is 14.5. The molecule has 7 nitrogen and oxygen atoms in total. The highest BCUT2D eigenvalue weighted by Crippen LogP contribution is 2.39. The molecule has 0 aliphatic rings. The molecule has 0 aliphatic carbocycles. The van der Waals surface area contributed by atoms with Crippen molar-refractivity contribution in [2.45, 2.75) is 30.0 Å². The van der Waals surface area contributed by atoms with Crippen LogP contribution < -0.4 is 0 Å². The Morgan fingerprint density at radius 3 is 2.54 bits per heavy atom. The van der Waals surface area contributed by atoms with Crippen LogP contribution in [0.15, 0.2) is 54.2 Å². The molecule has 0 amide bonds. The zero-order valence-electron chi connectivity index (χ0n) is 15.1. The molecule has 3 rings (SSSR count). The molecular formula is C18H18F2N4O3S. The number of aromatic nitrogens is 4. The van der Waals surface area contributed by atoms with Crippen molar-refractivity contribution in [3.8, 4) is 0 Å². The highest BCUT2D eigenvalue weighted by molar-refractivity contribution is 7.90. The minimum atomic E-state index is -3.48. The lowest BCUT2D eigenvalue weighted by Crippen LogP contribution is -2.38. The molecule has 0 fully saturated rings. The number of aliphatic hydroxyl groups is 1. The van der Waals surface area contributed by atoms with E-state index in [0.29, 0.717) is 11.6 Å². The van der Waals surface area contributed by atoms with E-state index in [4.69, 9.17) is 0 Å². The number of benzene rings is 1. The molecule has 0 saturated carbocycles. The van der Waals surface area contributed by atoms with Crippen molar-refractivity contribution in [2.75, 3.05) is 6.26 Å². The van der Waals surface area contributed by atoms with Gasteiger partial charge in [-0.15, -0.1) is 0 Å². The summed E-state index contributed by atoms with van der Waals surface area (Å²) in [6, 6.07) is 5.75. The molecule has 148 valence electrons. The van der Waals surface area contributed by atoms with E-state index >= 15 is 0 Å². The summed E-state index contributed by atoms with van der Waals surface area (Å²) in [6.07, 6.45) is 4.99.